The molecule has 0 bridgehead atoms. The molecule has 0 saturated carbocycles. The highest BCUT2D eigenvalue weighted by Gasteiger charge is 2.06. The summed E-state index contributed by atoms with van der Waals surface area (Å²) in [6.07, 6.45) is 0. The van der Waals surface area contributed by atoms with Crippen molar-refractivity contribution >= 4 is 11.0 Å². The third-order valence-electron chi connectivity index (χ3n) is 3.55. The molecule has 0 radical (unpaired) electrons. The third-order valence-corrected chi connectivity index (χ3v) is 3.55. The first kappa shape index (κ1) is 13.3. The highest BCUT2D eigenvalue weighted by atomic mass is 15.1. The minimum atomic E-state index is 0.692. The molecule has 0 fully saturated rings. The summed E-state index contributed by atoms with van der Waals surface area (Å²) in [6.45, 7) is 1.42. The van der Waals surface area contributed by atoms with E-state index in [1.807, 2.05) is 49.5 Å². The lowest BCUT2D eigenvalue weighted by Crippen LogP contribution is -2.15. The van der Waals surface area contributed by atoms with E-state index >= 15 is 0 Å². The van der Waals surface area contributed by atoms with Crippen molar-refractivity contribution in [1.29, 1.82) is 5.26 Å². The lowest BCUT2D eigenvalue weighted by Gasteiger charge is -2.05. The van der Waals surface area contributed by atoms with Crippen molar-refractivity contribution in [1.82, 2.24) is 14.9 Å². The molecule has 0 aliphatic carbocycles. The zero-order chi connectivity index (χ0) is 14.7. The Kier molecular flexibility index (Phi) is 3.67. The molecule has 0 unspecified atom stereocenters. The monoisotopic (exact) mass is 276 g/mol. The molecule has 2 aromatic carbocycles. The molecule has 0 amide bonds. The summed E-state index contributed by atoms with van der Waals surface area (Å²) in [6, 6.07) is 17.9. The zero-order valence-electron chi connectivity index (χ0n) is 11.9. The predicted octanol–water partition coefficient (Wildman–Crippen LogP) is 2.73. The van der Waals surface area contributed by atoms with E-state index in [4.69, 9.17) is 5.26 Å². The van der Waals surface area contributed by atoms with Crippen LogP contribution in [-0.4, -0.2) is 9.55 Å². The molecule has 3 rings (SSSR count). The van der Waals surface area contributed by atoms with Gasteiger partial charge in [-0.3, -0.25) is 0 Å². The molecular formula is C17H16N4. The van der Waals surface area contributed by atoms with Crippen LogP contribution in [0, 0.1) is 11.3 Å². The molecule has 4 heteroatoms. The second-order valence-corrected chi connectivity index (χ2v) is 4.99. The van der Waals surface area contributed by atoms with E-state index in [2.05, 4.69) is 27.0 Å². The van der Waals surface area contributed by atoms with Crippen molar-refractivity contribution in [3.63, 3.8) is 0 Å². The van der Waals surface area contributed by atoms with Gasteiger partial charge in [0.1, 0.15) is 5.82 Å². The summed E-state index contributed by atoms with van der Waals surface area (Å²) in [5.74, 6) is 1.01. The lowest BCUT2D eigenvalue weighted by molar-refractivity contribution is 0.643. The van der Waals surface area contributed by atoms with Crippen LogP contribution in [0.15, 0.2) is 48.5 Å². The van der Waals surface area contributed by atoms with Gasteiger partial charge in [-0.15, -0.1) is 0 Å². The Hall–Kier alpha value is -2.64. The minimum absolute atomic E-state index is 0.692. The first-order valence-electron chi connectivity index (χ1n) is 6.88. The van der Waals surface area contributed by atoms with Crippen molar-refractivity contribution in [2.24, 2.45) is 7.05 Å². The number of aromatic nitrogens is 2. The van der Waals surface area contributed by atoms with E-state index in [0.717, 1.165) is 29.0 Å². The molecule has 0 aliphatic heterocycles. The van der Waals surface area contributed by atoms with Gasteiger partial charge in [-0.25, -0.2) is 4.98 Å². The van der Waals surface area contributed by atoms with Crippen LogP contribution >= 0.6 is 0 Å². The zero-order valence-corrected chi connectivity index (χ0v) is 11.9. The Morgan fingerprint density at radius 2 is 2.00 bits per heavy atom. The van der Waals surface area contributed by atoms with Crippen molar-refractivity contribution in [3.8, 4) is 6.07 Å². The smallest absolute Gasteiger partial charge is 0.123 e. The normalized spacial score (nSPS) is 10.7. The maximum atomic E-state index is 8.90. The fraction of sp³-hybridized carbons (Fsp3) is 0.176. The maximum Gasteiger partial charge on any atom is 0.123 e. The number of fused-ring (bicyclic) bond motifs is 1. The topological polar surface area (TPSA) is 53.6 Å². The molecular weight excluding hydrogens is 260 g/mol. The summed E-state index contributed by atoms with van der Waals surface area (Å²) in [4.78, 5) is 4.63. The van der Waals surface area contributed by atoms with Crippen molar-refractivity contribution in [2.45, 2.75) is 13.1 Å². The second-order valence-electron chi connectivity index (χ2n) is 4.99. The van der Waals surface area contributed by atoms with Crippen LogP contribution in [0.25, 0.3) is 11.0 Å². The lowest BCUT2D eigenvalue weighted by atomic mass is 10.1. The highest BCUT2D eigenvalue weighted by molar-refractivity contribution is 5.75. The molecule has 1 N–H and O–H groups in total. The molecule has 21 heavy (non-hydrogen) atoms. The number of hydrogen-bond donors (Lipinski definition) is 1. The van der Waals surface area contributed by atoms with E-state index in [-0.39, 0.29) is 0 Å². The minimum Gasteiger partial charge on any atom is -0.330 e. The van der Waals surface area contributed by atoms with Crippen LogP contribution in [0.1, 0.15) is 17.0 Å². The second kappa shape index (κ2) is 5.78. The average molecular weight is 276 g/mol. The van der Waals surface area contributed by atoms with Crippen LogP contribution in [0.5, 0.6) is 0 Å². The Bertz CT molecular complexity index is 811. The Labute approximate surface area is 123 Å². The van der Waals surface area contributed by atoms with Gasteiger partial charge in [-0.2, -0.15) is 5.26 Å². The van der Waals surface area contributed by atoms with Crippen LogP contribution in [-0.2, 0) is 20.1 Å². The SMILES string of the molecule is Cn1c(CNCc2cccc(C#N)c2)nc2ccccc21. The number of nitrogens with zero attached hydrogens (tertiary/aromatic N) is 3. The Morgan fingerprint density at radius 1 is 1.14 bits per heavy atom. The highest BCUT2D eigenvalue weighted by Crippen LogP contribution is 2.14. The fourth-order valence-electron chi connectivity index (χ4n) is 2.42. The van der Waals surface area contributed by atoms with E-state index in [1.54, 1.807) is 0 Å². The number of aryl methyl sites for hydroxylation is 1. The molecule has 1 heterocycles. The average Bonchev–Trinajstić information content (AvgIpc) is 2.84. The van der Waals surface area contributed by atoms with Gasteiger partial charge in [-0.1, -0.05) is 24.3 Å². The van der Waals surface area contributed by atoms with Gasteiger partial charge in [0.15, 0.2) is 0 Å². The van der Waals surface area contributed by atoms with Crippen LogP contribution < -0.4 is 5.32 Å². The molecule has 0 spiro atoms. The van der Waals surface area contributed by atoms with Gasteiger partial charge >= 0.3 is 0 Å². The third kappa shape index (κ3) is 2.78. The molecule has 1 aromatic heterocycles. The molecule has 0 atom stereocenters. The van der Waals surface area contributed by atoms with Gasteiger partial charge in [0, 0.05) is 13.6 Å². The molecule has 3 aromatic rings. The summed E-state index contributed by atoms with van der Waals surface area (Å²) < 4.78 is 2.11. The summed E-state index contributed by atoms with van der Waals surface area (Å²) in [5.41, 5.74) is 3.95. The summed E-state index contributed by atoms with van der Waals surface area (Å²) in [5, 5.41) is 12.3. The quantitative estimate of drug-likeness (QED) is 0.797. The number of nitrogens with one attached hydrogen (secondary N) is 1. The number of rotatable bonds is 4. The van der Waals surface area contributed by atoms with E-state index in [0.29, 0.717) is 12.1 Å². The predicted molar refractivity (Wildman–Crippen MR) is 82.4 cm³/mol. The Balaban J connectivity index is 1.69. The van der Waals surface area contributed by atoms with E-state index in [1.165, 1.54) is 0 Å². The molecule has 104 valence electrons. The number of hydrogen-bond acceptors (Lipinski definition) is 3. The standard InChI is InChI=1S/C17H16N4/c1-21-16-8-3-2-7-15(16)20-17(21)12-19-11-14-6-4-5-13(9-14)10-18/h2-9,19H,11-12H2,1H3. The number of benzene rings is 2. The van der Waals surface area contributed by atoms with Crippen molar-refractivity contribution in [3.05, 3.63) is 65.5 Å². The first-order chi connectivity index (χ1) is 10.3. The van der Waals surface area contributed by atoms with E-state index in [9.17, 15) is 0 Å². The fourth-order valence-corrected chi connectivity index (χ4v) is 2.42. The number of imidazole rings is 1. The maximum absolute atomic E-state index is 8.90. The number of nitriles is 1. The summed E-state index contributed by atoms with van der Waals surface area (Å²) in [7, 11) is 2.03. The molecule has 4 nitrogen and oxygen atoms in total. The number of para-hydroxylation sites is 2. The van der Waals surface area contributed by atoms with Crippen LogP contribution in [0.4, 0.5) is 0 Å². The van der Waals surface area contributed by atoms with Gasteiger partial charge in [0.05, 0.1) is 29.2 Å². The van der Waals surface area contributed by atoms with Crippen molar-refractivity contribution in [2.75, 3.05) is 0 Å². The van der Waals surface area contributed by atoms with E-state index < -0.39 is 0 Å². The van der Waals surface area contributed by atoms with Gasteiger partial charge in [-0.05, 0) is 29.8 Å². The first-order valence-corrected chi connectivity index (χ1v) is 6.88. The van der Waals surface area contributed by atoms with Crippen LogP contribution in [0.3, 0.4) is 0 Å². The van der Waals surface area contributed by atoms with Crippen molar-refractivity contribution < 1.29 is 0 Å². The van der Waals surface area contributed by atoms with Gasteiger partial charge in [0.25, 0.3) is 0 Å². The summed E-state index contributed by atoms with van der Waals surface area (Å²) >= 11 is 0. The van der Waals surface area contributed by atoms with Crippen LogP contribution in [0.2, 0.25) is 0 Å². The Morgan fingerprint density at radius 3 is 2.81 bits per heavy atom. The van der Waals surface area contributed by atoms with Gasteiger partial charge < -0.3 is 9.88 Å². The van der Waals surface area contributed by atoms with Gasteiger partial charge in [0.2, 0.25) is 0 Å². The molecule has 0 aliphatic rings. The molecule has 0 saturated heterocycles. The largest absolute Gasteiger partial charge is 0.330 e.